The van der Waals surface area contributed by atoms with Gasteiger partial charge in [-0.15, -0.1) is 0 Å². The van der Waals surface area contributed by atoms with E-state index in [-0.39, 0.29) is 0 Å². The van der Waals surface area contributed by atoms with Crippen LogP contribution in [0.15, 0.2) is 36.1 Å². The van der Waals surface area contributed by atoms with Crippen LogP contribution in [0.5, 0.6) is 11.5 Å². The highest BCUT2D eigenvalue weighted by Crippen LogP contribution is 2.32. The monoisotopic (exact) mass is 206 g/mol. The molecule has 0 aliphatic carbocycles. The highest BCUT2D eigenvalue weighted by atomic mass is 16.6. The van der Waals surface area contributed by atoms with Gasteiger partial charge in [0, 0.05) is 0 Å². The quantitative estimate of drug-likeness (QED) is 0.764. The summed E-state index contributed by atoms with van der Waals surface area (Å²) in [7, 11) is 0. The lowest BCUT2D eigenvalue weighted by Crippen LogP contribution is -2.21. The van der Waals surface area contributed by atoms with Crippen molar-refractivity contribution in [2.75, 3.05) is 6.61 Å². The molecule has 2 rings (SSSR count). The van der Waals surface area contributed by atoms with Gasteiger partial charge in [0.2, 0.25) is 0 Å². The summed E-state index contributed by atoms with van der Waals surface area (Å²) in [6.07, 6.45) is 1.66. The molecular weight excluding hydrogens is 192 g/mol. The van der Waals surface area contributed by atoms with Crippen molar-refractivity contribution in [2.45, 2.75) is 19.4 Å². The van der Waals surface area contributed by atoms with Crippen LogP contribution in [0.2, 0.25) is 0 Å². The molecule has 0 unspecified atom stereocenters. The van der Waals surface area contributed by atoms with Crippen molar-refractivity contribution in [3.8, 4) is 11.5 Å². The normalized spacial score (nSPS) is 17.9. The lowest BCUT2D eigenvalue weighted by molar-refractivity contribution is 0.124. The van der Waals surface area contributed by atoms with E-state index in [0.717, 1.165) is 5.75 Å². The highest BCUT2D eigenvalue weighted by Gasteiger charge is 2.18. The fourth-order valence-electron chi connectivity index (χ4n) is 1.44. The van der Waals surface area contributed by atoms with Crippen molar-refractivity contribution >= 4 is 0 Å². The summed E-state index contributed by atoms with van der Waals surface area (Å²) in [6, 6.07) is 7.48. The molecule has 1 heterocycles. The second-order valence-corrected chi connectivity index (χ2v) is 4.10. The van der Waals surface area contributed by atoms with Crippen LogP contribution in [0.1, 0.15) is 13.8 Å². The maximum atomic E-state index is 9.61. The van der Waals surface area contributed by atoms with Gasteiger partial charge in [-0.3, -0.25) is 0 Å². The van der Waals surface area contributed by atoms with E-state index in [0.29, 0.717) is 18.1 Å². The fraction of sp³-hybridized carbons (Fsp3) is 0.333. The molecule has 0 radical (unpaired) electrons. The minimum Gasteiger partial charge on any atom is -0.482 e. The van der Waals surface area contributed by atoms with Crippen LogP contribution in [-0.2, 0) is 0 Å². The first-order valence-corrected chi connectivity index (χ1v) is 4.88. The molecule has 0 bridgehead atoms. The summed E-state index contributed by atoms with van der Waals surface area (Å²) in [5.41, 5.74) is -0.884. The summed E-state index contributed by atoms with van der Waals surface area (Å²) in [5.74, 6) is 2.07. The molecule has 3 nitrogen and oxygen atoms in total. The van der Waals surface area contributed by atoms with Crippen molar-refractivity contribution in [1.82, 2.24) is 0 Å². The Kier molecular flexibility index (Phi) is 2.40. The van der Waals surface area contributed by atoms with E-state index in [1.165, 1.54) is 0 Å². The molecule has 0 spiro atoms. The molecule has 3 heteroatoms. The molecule has 0 saturated carbocycles. The number of benzene rings is 1. The van der Waals surface area contributed by atoms with Crippen LogP contribution >= 0.6 is 0 Å². The van der Waals surface area contributed by atoms with Gasteiger partial charge in [-0.05, 0) is 32.1 Å². The van der Waals surface area contributed by atoms with E-state index in [1.54, 1.807) is 19.9 Å². The van der Waals surface area contributed by atoms with Gasteiger partial charge in [0.25, 0.3) is 0 Å². The predicted molar refractivity (Wildman–Crippen MR) is 56.9 cm³/mol. The minimum atomic E-state index is -0.884. The summed E-state index contributed by atoms with van der Waals surface area (Å²) >= 11 is 0. The van der Waals surface area contributed by atoms with E-state index in [2.05, 4.69) is 0 Å². The van der Waals surface area contributed by atoms with E-state index in [1.807, 2.05) is 24.3 Å². The smallest absolute Gasteiger partial charge is 0.168 e. The van der Waals surface area contributed by atoms with Crippen LogP contribution < -0.4 is 9.47 Å². The van der Waals surface area contributed by atoms with Gasteiger partial charge in [-0.2, -0.15) is 0 Å². The van der Waals surface area contributed by atoms with Gasteiger partial charge in [0.15, 0.2) is 11.5 Å². The second kappa shape index (κ2) is 3.59. The largest absolute Gasteiger partial charge is 0.482 e. The zero-order valence-electron chi connectivity index (χ0n) is 8.86. The number of hydrogen-bond donors (Lipinski definition) is 1. The van der Waals surface area contributed by atoms with Gasteiger partial charge in [-0.25, -0.2) is 0 Å². The number of hydrogen-bond acceptors (Lipinski definition) is 3. The van der Waals surface area contributed by atoms with Gasteiger partial charge in [-0.1, -0.05) is 12.1 Å². The van der Waals surface area contributed by atoms with Crippen molar-refractivity contribution < 1.29 is 14.6 Å². The van der Waals surface area contributed by atoms with Gasteiger partial charge in [0.05, 0.1) is 5.60 Å². The SMILES string of the molecule is CC(C)(O)/C=C1/COc2ccccc2O1. The van der Waals surface area contributed by atoms with Crippen molar-refractivity contribution in [1.29, 1.82) is 0 Å². The Balaban J connectivity index is 2.23. The number of para-hydroxylation sites is 2. The zero-order chi connectivity index (χ0) is 10.9. The maximum absolute atomic E-state index is 9.61. The van der Waals surface area contributed by atoms with Crippen LogP contribution in [0.4, 0.5) is 0 Å². The molecule has 0 fully saturated rings. The Morgan fingerprint density at radius 2 is 1.93 bits per heavy atom. The highest BCUT2D eigenvalue weighted by molar-refractivity contribution is 5.42. The Bertz CT molecular complexity index is 388. The third-order valence-electron chi connectivity index (χ3n) is 1.97. The predicted octanol–water partition coefficient (Wildman–Crippen LogP) is 2.11. The average Bonchev–Trinajstić information content (AvgIpc) is 2.15. The Hall–Kier alpha value is -1.48. The van der Waals surface area contributed by atoms with Crippen LogP contribution in [0.25, 0.3) is 0 Å². The van der Waals surface area contributed by atoms with Crippen LogP contribution in [0.3, 0.4) is 0 Å². The summed E-state index contributed by atoms with van der Waals surface area (Å²) in [6.45, 7) is 3.76. The molecule has 1 N–H and O–H groups in total. The molecule has 15 heavy (non-hydrogen) atoms. The topological polar surface area (TPSA) is 38.7 Å². The first-order chi connectivity index (χ1) is 7.04. The standard InChI is InChI=1S/C12H14O3/c1-12(2,13)7-9-8-14-10-5-3-4-6-11(10)15-9/h3-7,13H,8H2,1-2H3/b9-7-. The van der Waals surface area contributed by atoms with E-state index < -0.39 is 5.60 Å². The zero-order valence-corrected chi connectivity index (χ0v) is 8.86. The molecule has 80 valence electrons. The Morgan fingerprint density at radius 1 is 1.27 bits per heavy atom. The third kappa shape index (κ3) is 2.50. The lowest BCUT2D eigenvalue weighted by atomic mass is 10.1. The van der Waals surface area contributed by atoms with E-state index >= 15 is 0 Å². The summed E-state index contributed by atoms with van der Waals surface area (Å²) in [5, 5.41) is 9.61. The molecule has 0 saturated heterocycles. The number of rotatable bonds is 1. The van der Waals surface area contributed by atoms with E-state index in [4.69, 9.17) is 9.47 Å². The molecule has 0 atom stereocenters. The second-order valence-electron chi connectivity index (χ2n) is 4.10. The molecule has 0 aromatic heterocycles. The van der Waals surface area contributed by atoms with Crippen LogP contribution in [-0.4, -0.2) is 17.3 Å². The maximum Gasteiger partial charge on any atom is 0.168 e. The Morgan fingerprint density at radius 3 is 2.60 bits per heavy atom. The Labute approximate surface area is 88.9 Å². The van der Waals surface area contributed by atoms with Crippen LogP contribution in [0, 0.1) is 0 Å². The van der Waals surface area contributed by atoms with Crippen molar-refractivity contribution in [3.05, 3.63) is 36.1 Å². The number of aliphatic hydroxyl groups is 1. The molecule has 1 aromatic rings. The van der Waals surface area contributed by atoms with Crippen molar-refractivity contribution in [3.63, 3.8) is 0 Å². The van der Waals surface area contributed by atoms with Gasteiger partial charge >= 0.3 is 0 Å². The fourth-order valence-corrected chi connectivity index (χ4v) is 1.44. The summed E-state index contributed by atoms with van der Waals surface area (Å²) in [4.78, 5) is 0. The molecule has 1 aliphatic heterocycles. The molecule has 1 aliphatic rings. The minimum absolute atomic E-state index is 0.362. The first kappa shape index (κ1) is 10.1. The molecule has 1 aromatic carbocycles. The summed E-state index contributed by atoms with van der Waals surface area (Å²) < 4.78 is 11.1. The molecule has 0 amide bonds. The molecular formula is C12H14O3. The van der Waals surface area contributed by atoms with Gasteiger partial charge in [0.1, 0.15) is 12.4 Å². The van der Waals surface area contributed by atoms with Crippen molar-refractivity contribution in [2.24, 2.45) is 0 Å². The van der Waals surface area contributed by atoms with Gasteiger partial charge < -0.3 is 14.6 Å². The average molecular weight is 206 g/mol. The van der Waals surface area contributed by atoms with E-state index in [9.17, 15) is 5.11 Å². The third-order valence-corrected chi connectivity index (χ3v) is 1.97. The number of ether oxygens (including phenoxy) is 2. The number of fused-ring (bicyclic) bond motifs is 1. The first-order valence-electron chi connectivity index (χ1n) is 4.88. The lowest BCUT2D eigenvalue weighted by Gasteiger charge is -2.22.